The smallest absolute Gasteiger partial charge is 0.226 e. The van der Waals surface area contributed by atoms with Crippen LogP contribution in [0.3, 0.4) is 0 Å². The van der Waals surface area contributed by atoms with Crippen LogP contribution < -0.4 is 5.32 Å². The van der Waals surface area contributed by atoms with Gasteiger partial charge in [0.05, 0.1) is 17.3 Å². The van der Waals surface area contributed by atoms with Crippen molar-refractivity contribution in [3.8, 4) is 5.69 Å². The first-order chi connectivity index (χ1) is 12.9. The Labute approximate surface area is 159 Å². The van der Waals surface area contributed by atoms with Crippen LogP contribution in [0.1, 0.15) is 34.0 Å². The number of rotatable bonds is 3. The lowest BCUT2D eigenvalue weighted by Gasteiger charge is -2.23. The van der Waals surface area contributed by atoms with Gasteiger partial charge < -0.3 is 5.32 Å². The first kappa shape index (κ1) is 17.4. The van der Waals surface area contributed by atoms with Crippen LogP contribution in [0, 0.1) is 12.7 Å². The van der Waals surface area contributed by atoms with Crippen molar-refractivity contribution in [3.05, 3.63) is 76.2 Å². The third-order valence-corrected chi connectivity index (χ3v) is 4.82. The lowest BCUT2D eigenvalue weighted by atomic mass is 9.85. The number of fused-ring (bicyclic) bond motifs is 1. The number of anilines is 1. The Kier molecular flexibility index (Phi) is 4.28. The topological polar surface area (TPSA) is 64.0 Å². The fourth-order valence-corrected chi connectivity index (χ4v) is 3.60. The maximum Gasteiger partial charge on any atom is 0.226 e. The lowest BCUT2D eigenvalue weighted by molar-refractivity contribution is -0.116. The Morgan fingerprint density at radius 1 is 1.26 bits per heavy atom. The van der Waals surface area contributed by atoms with E-state index < -0.39 is 11.7 Å². The van der Waals surface area contributed by atoms with Gasteiger partial charge in [-0.3, -0.25) is 9.59 Å². The number of amides is 1. The summed E-state index contributed by atoms with van der Waals surface area (Å²) in [6.07, 6.45) is 0.0219. The van der Waals surface area contributed by atoms with Crippen molar-refractivity contribution < 1.29 is 14.0 Å². The number of halogens is 2. The van der Waals surface area contributed by atoms with Gasteiger partial charge in [-0.2, -0.15) is 5.10 Å². The van der Waals surface area contributed by atoms with Gasteiger partial charge in [-0.1, -0.05) is 29.8 Å². The van der Waals surface area contributed by atoms with Crippen molar-refractivity contribution in [2.45, 2.75) is 19.3 Å². The number of Topliss-reactive ketones (excluding diaryl/α,β-unsaturated/α-hetero) is 1. The van der Waals surface area contributed by atoms with Gasteiger partial charge in [-0.15, -0.1) is 0 Å². The van der Waals surface area contributed by atoms with E-state index >= 15 is 0 Å². The average molecular weight is 384 g/mol. The Bertz CT molecular complexity index is 1080. The minimum absolute atomic E-state index is 0.0219. The summed E-state index contributed by atoms with van der Waals surface area (Å²) < 4.78 is 15.1. The molecule has 2 aromatic carbocycles. The van der Waals surface area contributed by atoms with Crippen molar-refractivity contribution in [1.82, 2.24) is 9.78 Å². The first-order valence-corrected chi connectivity index (χ1v) is 8.77. The van der Waals surface area contributed by atoms with Gasteiger partial charge in [0.15, 0.2) is 5.78 Å². The standard InChI is InChI=1S/C20H15ClFN3O2/c1-11-18-16(19(27)12-4-2-5-13(21)8-12)10-17(26)23-20(18)25(24-11)15-7-3-6-14(22)9-15/h2-9,16H,10H2,1H3,(H,23,26)/t16-/m1/s1. The second-order valence-electron chi connectivity index (χ2n) is 6.42. The summed E-state index contributed by atoms with van der Waals surface area (Å²) in [4.78, 5) is 25.4. The number of aromatic nitrogens is 2. The highest BCUT2D eigenvalue weighted by Crippen LogP contribution is 2.38. The largest absolute Gasteiger partial charge is 0.310 e. The minimum Gasteiger partial charge on any atom is -0.310 e. The molecule has 1 aromatic heterocycles. The molecule has 1 amide bonds. The van der Waals surface area contributed by atoms with Gasteiger partial charge in [0.25, 0.3) is 0 Å². The Hall–Kier alpha value is -2.99. The summed E-state index contributed by atoms with van der Waals surface area (Å²) in [6, 6.07) is 12.5. The van der Waals surface area contributed by atoms with Gasteiger partial charge in [-0.25, -0.2) is 9.07 Å². The van der Waals surface area contributed by atoms with Crippen LogP contribution in [-0.2, 0) is 4.79 Å². The molecule has 1 aliphatic rings. The molecule has 1 N–H and O–H groups in total. The number of aryl methyl sites for hydroxylation is 1. The van der Waals surface area contributed by atoms with Crippen molar-refractivity contribution in [2.75, 3.05) is 5.32 Å². The highest BCUT2D eigenvalue weighted by atomic mass is 35.5. The van der Waals surface area contributed by atoms with E-state index in [1.807, 2.05) is 0 Å². The highest BCUT2D eigenvalue weighted by Gasteiger charge is 2.36. The second kappa shape index (κ2) is 6.63. The first-order valence-electron chi connectivity index (χ1n) is 8.39. The van der Waals surface area contributed by atoms with E-state index in [1.165, 1.54) is 16.8 Å². The maximum absolute atomic E-state index is 13.6. The molecular weight excluding hydrogens is 369 g/mol. The molecule has 136 valence electrons. The third kappa shape index (κ3) is 3.13. The number of hydrogen-bond donors (Lipinski definition) is 1. The molecule has 2 heterocycles. The van der Waals surface area contributed by atoms with Crippen LogP contribution in [-0.4, -0.2) is 21.5 Å². The number of hydrogen-bond acceptors (Lipinski definition) is 3. The molecule has 7 heteroatoms. The molecule has 5 nitrogen and oxygen atoms in total. The van der Waals surface area contributed by atoms with Crippen LogP contribution in [0.25, 0.3) is 5.69 Å². The fraction of sp³-hybridized carbons (Fsp3) is 0.150. The molecule has 0 aliphatic carbocycles. The number of carbonyl (C=O) groups excluding carboxylic acids is 2. The summed E-state index contributed by atoms with van der Waals surface area (Å²) in [6.45, 7) is 1.77. The molecule has 1 atom stereocenters. The zero-order valence-electron chi connectivity index (χ0n) is 14.4. The number of nitrogens with one attached hydrogen (secondary N) is 1. The van der Waals surface area contributed by atoms with Gasteiger partial charge in [-0.05, 0) is 37.3 Å². The van der Waals surface area contributed by atoms with Crippen LogP contribution in [0.5, 0.6) is 0 Å². The van der Waals surface area contributed by atoms with E-state index in [0.29, 0.717) is 33.3 Å². The Balaban J connectivity index is 1.83. The van der Waals surface area contributed by atoms with Crippen molar-refractivity contribution in [1.29, 1.82) is 0 Å². The van der Waals surface area contributed by atoms with Crippen molar-refractivity contribution >= 4 is 29.1 Å². The fourth-order valence-electron chi connectivity index (χ4n) is 3.41. The monoisotopic (exact) mass is 383 g/mol. The van der Waals surface area contributed by atoms with Gasteiger partial charge >= 0.3 is 0 Å². The van der Waals surface area contributed by atoms with Gasteiger partial charge in [0, 0.05) is 22.6 Å². The van der Waals surface area contributed by atoms with E-state index in [9.17, 15) is 14.0 Å². The number of ketones is 1. The summed E-state index contributed by atoms with van der Waals surface area (Å²) >= 11 is 6.00. The van der Waals surface area contributed by atoms with E-state index in [2.05, 4.69) is 10.4 Å². The van der Waals surface area contributed by atoms with E-state index in [4.69, 9.17) is 11.6 Å². The second-order valence-corrected chi connectivity index (χ2v) is 6.86. The predicted molar refractivity (Wildman–Crippen MR) is 100 cm³/mol. The quantitative estimate of drug-likeness (QED) is 0.686. The lowest BCUT2D eigenvalue weighted by Crippen LogP contribution is -2.28. The number of benzene rings is 2. The van der Waals surface area contributed by atoms with Crippen molar-refractivity contribution in [2.24, 2.45) is 0 Å². The van der Waals surface area contributed by atoms with E-state index in [-0.39, 0.29) is 18.1 Å². The number of nitrogens with zero attached hydrogens (tertiary/aromatic N) is 2. The van der Waals surface area contributed by atoms with Crippen molar-refractivity contribution in [3.63, 3.8) is 0 Å². The number of carbonyl (C=O) groups is 2. The van der Waals surface area contributed by atoms with Crippen LogP contribution >= 0.6 is 11.6 Å². The molecule has 4 rings (SSSR count). The summed E-state index contributed by atoms with van der Waals surface area (Å²) in [5, 5.41) is 7.67. The molecule has 0 unspecified atom stereocenters. The summed E-state index contributed by atoms with van der Waals surface area (Å²) in [5.74, 6) is -1.18. The summed E-state index contributed by atoms with van der Waals surface area (Å²) in [7, 11) is 0. The minimum atomic E-state index is -0.672. The predicted octanol–water partition coefficient (Wildman–Crippen LogP) is 4.28. The molecule has 0 saturated carbocycles. The molecular formula is C20H15ClFN3O2. The van der Waals surface area contributed by atoms with Crippen LogP contribution in [0.2, 0.25) is 5.02 Å². The molecule has 1 aliphatic heterocycles. The summed E-state index contributed by atoms with van der Waals surface area (Å²) in [5.41, 5.74) is 2.15. The van der Waals surface area contributed by atoms with E-state index in [1.54, 1.807) is 43.3 Å². The zero-order chi connectivity index (χ0) is 19.1. The molecule has 27 heavy (non-hydrogen) atoms. The molecule has 0 radical (unpaired) electrons. The molecule has 3 aromatic rings. The van der Waals surface area contributed by atoms with Gasteiger partial charge in [0.1, 0.15) is 11.6 Å². The zero-order valence-corrected chi connectivity index (χ0v) is 15.1. The van der Waals surface area contributed by atoms with Crippen LogP contribution in [0.15, 0.2) is 48.5 Å². The Morgan fingerprint density at radius 2 is 2.04 bits per heavy atom. The molecule has 0 fully saturated rings. The van der Waals surface area contributed by atoms with Gasteiger partial charge in [0.2, 0.25) is 5.91 Å². The van der Waals surface area contributed by atoms with E-state index in [0.717, 1.165) is 0 Å². The molecule has 0 spiro atoms. The SMILES string of the molecule is Cc1nn(-c2cccc(F)c2)c2c1[C@H](C(=O)c1cccc(Cl)c1)CC(=O)N2. The maximum atomic E-state index is 13.6. The third-order valence-electron chi connectivity index (χ3n) is 4.58. The average Bonchev–Trinajstić information content (AvgIpc) is 2.97. The molecule has 0 saturated heterocycles. The van der Waals surface area contributed by atoms with Crippen LogP contribution in [0.4, 0.5) is 10.2 Å². The normalized spacial score (nSPS) is 16.0. The highest BCUT2D eigenvalue weighted by molar-refractivity contribution is 6.31. The molecule has 0 bridgehead atoms. The Morgan fingerprint density at radius 3 is 2.78 bits per heavy atom.